The summed E-state index contributed by atoms with van der Waals surface area (Å²) in [5.74, 6) is -1.33. The second-order valence-corrected chi connectivity index (χ2v) is 7.34. The minimum Gasteiger partial charge on any atom is -0.481 e. The van der Waals surface area contributed by atoms with Crippen molar-refractivity contribution < 1.29 is 18.3 Å². The van der Waals surface area contributed by atoms with Gasteiger partial charge in [-0.3, -0.25) is 4.79 Å². The van der Waals surface area contributed by atoms with Crippen LogP contribution in [0.2, 0.25) is 0 Å². The van der Waals surface area contributed by atoms with Crippen molar-refractivity contribution in [3.05, 3.63) is 28.2 Å². The number of hydrogen-bond acceptors (Lipinski definition) is 3. The van der Waals surface area contributed by atoms with Gasteiger partial charge >= 0.3 is 5.97 Å². The third kappa shape index (κ3) is 4.88. The Morgan fingerprint density at radius 1 is 1.45 bits per heavy atom. The molecule has 0 radical (unpaired) electrons. The lowest BCUT2D eigenvalue weighted by Gasteiger charge is -2.10. The van der Waals surface area contributed by atoms with Crippen molar-refractivity contribution in [2.75, 3.05) is 6.54 Å². The van der Waals surface area contributed by atoms with Crippen LogP contribution in [0.15, 0.2) is 27.6 Å². The normalized spacial score (nSPS) is 13.2. The summed E-state index contributed by atoms with van der Waals surface area (Å²) < 4.78 is 27.5. The predicted molar refractivity (Wildman–Crippen MR) is 80.1 cm³/mol. The number of aryl methyl sites for hydroxylation is 1. The highest BCUT2D eigenvalue weighted by Crippen LogP contribution is 2.20. The van der Waals surface area contributed by atoms with Crippen molar-refractivity contribution in [2.24, 2.45) is 5.92 Å². The SMILES string of the molecule is Cc1ccc(Br)cc1S(=O)(=O)NCCCC(C)C(=O)O. The Balaban J connectivity index is 2.62. The quantitative estimate of drug-likeness (QED) is 0.729. The van der Waals surface area contributed by atoms with Gasteiger partial charge in [0.15, 0.2) is 0 Å². The van der Waals surface area contributed by atoms with Gasteiger partial charge in [-0.25, -0.2) is 13.1 Å². The zero-order valence-corrected chi connectivity index (χ0v) is 13.8. The molecule has 0 amide bonds. The van der Waals surface area contributed by atoms with Crippen LogP contribution in [0.1, 0.15) is 25.3 Å². The minimum atomic E-state index is -3.56. The largest absolute Gasteiger partial charge is 0.481 e. The summed E-state index contributed by atoms with van der Waals surface area (Å²) in [4.78, 5) is 10.9. The number of halogens is 1. The molecule has 0 heterocycles. The van der Waals surface area contributed by atoms with Crippen LogP contribution in [0, 0.1) is 12.8 Å². The Kier molecular flexibility index (Phi) is 6.16. The number of sulfonamides is 1. The van der Waals surface area contributed by atoms with E-state index in [1.54, 1.807) is 32.0 Å². The fourth-order valence-corrected chi connectivity index (χ4v) is 3.53. The summed E-state index contributed by atoms with van der Waals surface area (Å²) in [6.07, 6.45) is 0.926. The summed E-state index contributed by atoms with van der Waals surface area (Å²) in [5.41, 5.74) is 0.666. The van der Waals surface area contributed by atoms with E-state index >= 15 is 0 Å². The van der Waals surface area contributed by atoms with E-state index in [9.17, 15) is 13.2 Å². The average Bonchev–Trinajstić information content (AvgIpc) is 2.37. The van der Waals surface area contributed by atoms with E-state index in [1.165, 1.54) is 0 Å². The van der Waals surface area contributed by atoms with E-state index < -0.39 is 21.9 Å². The number of rotatable bonds is 7. The summed E-state index contributed by atoms with van der Waals surface area (Å²) in [6.45, 7) is 3.56. The van der Waals surface area contributed by atoms with Gasteiger partial charge in [-0.1, -0.05) is 28.9 Å². The van der Waals surface area contributed by atoms with Crippen molar-refractivity contribution >= 4 is 31.9 Å². The molecular weight excluding hydrogens is 346 g/mol. The van der Waals surface area contributed by atoms with E-state index in [4.69, 9.17) is 5.11 Å². The molecule has 0 aromatic heterocycles. The Hall–Kier alpha value is -0.920. The molecule has 20 heavy (non-hydrogen) atoms. The molecule has 1 unspecified atom stereocenters. The summed E-state index contributed by atoms with van der Waals surface area (Å²) in [7, 11) is -3.56. The predicted octanol–water partition coefficient (Wildman–Crippen LogP) is 2.54. The minimum absolute atomic E-state index is 0.228. The maximum Gasteiger partial charge on any atom is 0.306 e. The fourth-order valence-electron chi connectivity index (χ4n) is 1.68. The molecule has 7 heteroatoms. The monoisotopic (exact) mass is 363 g/mol. The van der Waals surface area contributed by atoms with Crippen molar-refractivity contribution in [2.45, 2.75) is 31.6 Å². The van der Waals surface area contributed by atoms with Crippen LogP contribution in [-0.2, 0) is 14.8 Å². The van der Waals surface area contributed by atoms with Gasteiger partial charge in [0.1, 0.15) is 0 Å². The number of nitrogens with one attached hydrogen (secondary N) is 1. The molecule has 0 saturated carbocycles. The van der Waals surface area contributed by atoms with Gasteiger partial charge in [0.05, 0.1) is 10.8 Å². The number of hydrogen-bond donors (Lipinski definition) is 2. The standard InChI is InChI=1S/C13H18BrNO4S/c1-9-5-6-11(14)8-12(9)20(18,19)15-7-3-4-10(2)13(16)17/h5-6,8,10,15H,3-4,7H2,1-2H3,(H,16,17). The first kappa shape index (κ1) is 17.1. The van der Waals surface area contributed by atoms with E-state index in [2.05, 4.69) is 20.7 Å². The van der Waals surface area contributed by atoms with Gasteiger partial charge in [0.2, 0.25) is 10.0 Å². The smallest absolute Gasteiger partial charge is 0.306 e. The van der Waals surface area contributed by atoms with Crippen molar-refractivity contribution in [1.29, 1.82) is 0 Å². The van der Waals surface area contributed by atoms with E-state index in [-0.39, 0.29) is 11.4 Å². The van der Waals surface area contributed by atoms with Gasteiger partial charge in [-0.05, 0) is 37.5 Å². The molecule has 5 nitrogen and oxygen atoms in total. The maximum absolute atomic E-state index is 12.1. The lowest BCUT2D eigenvalue weighted by Crippen LogP contribution is -2.26. The second kappa shape index (κ2) is 7.19. The van der Waals surface area contributed by atoms with Crippen LogP contribution in [0.4, 0.5) is 0 Å². The molecule has 1 rings (SSSR count). The highest BCUT2D eigenvalue weighted by molar-refractivity contribution is 9.10. The Morgan fingerprint density at radius 2 is 2.10 bits per heavy atom. The van der Waals surface area contributed by atoms with Gasteiger partial charge in [0.25, 0.3) is 0 Å². The highest BCUT2D eigenvalue weighted by atomic mass is 79.9. The molecule has 0 aliphatic carbocycles. The van der Waals surface area contributed by atoms with Gasteiger partial charge in [-0.2, -0.15) is 0 Å². The van der Waals surface area contributed by atoms with E-state index in [0.29, 0.717) is 22.9 Å². The Bertz CT molecular complexity index is 586. The maximum atomic E-state index is 12.1. The number of carboxylic acids is 1. The topological polar surface area (TPSA) is 83.5 Å². The Labute approximate surface area is 127 Å². The first-order valence-electron chi connectivity index (χ1n) is 6.22. The van der Waals surface area contributed by atoms with Crippen molar-refractivity contribution in [3.8, 4) is 0 Å². The number of benzene rings is 1. The van der Waals surface area contributed by atoms with Gasteiger partial charge in [-0.15, -0.1) is 0 Å². The average molecular weight is 364 g/mol. The number of carboxylic acid groups (broad SMARTS) is 1. The van der Waals surface area contributed by atoms with Crippen LogP contribution in [0.5, 0.6) is 0 Å². The molecule has 0 saturated heterocycles. The molecule has 0 aliphatic rings. The third-order valence-electron chi connectivity index (χ3n) is 2.97. The number of carbonyl (C=O) groups is 1. The molecule has 1 atom stereocenters. The molecule has 0 fully saturated rings. The molecular formula is C13H18BrNO4S. The summed E-state index contributed by atoms with van der Waals surface area (Å²) >= 11 is 3.25. The fraction of sp³-hybridized carbons (Fsp3) is 0.462. The van der Waals surface area contributed by atoms with Gasteiger partial charge in [0, 0.05) is 11.0 Å². The van der Waals surface area contributed by atoms with Crippen LogP contribution in [0.3, 0.4) is 0 Å². The van der Waals surface area contributed by atoms with Crippen molar-refractivity contribution in [1.82, 2.24) is 4.72 Å². The Morgan fingerprint density at radius 3 is 2.70 bits per heavy atom. The van der Waals surface area contributed by atoms with Crippen molar-refractivity contribution in [3.63, 3.8) is 0 Å². The first-order chi connectivity index (χ1) is 9.24. The zero-order chi connectivity index (χ0) is 15.3. The zero-order valence-electron chi connectivity index (χ0n) is 11.4. The lowest BCUT2D eigenvalue weighted by molar-refractivity contribution is -0.141. The summed E-state index contributed by atoms with van der Waals surface area (Å²) in [5, 5.41) is 8.74. The van der Waals surface area contributed by atoms with Crippen LogP contribution >= 0.6 is 15.9 Å². The third-order valence-corrected chi connectivity index (χ3v) is 5.06. The number of aliphatic carboxylic acids is 1. The molecule has 0 aliphatic heterocycles. The van der Waals surface area contributed by atoms with E-state index in [1.807, 2.05) is 0 Å². The lowest BCUT2D eigenvalue weighted by atomic mass is 10.1. The highest BCUT2D eigenvalue weighted by Gasteiger charge is 2.17. The first-order valence-corrected chi connectivity index (χ1v) is 8.50. The molecule has 0 bridgehead atoms. The molecule has 2 N–H and O–H groups in total. The second-order valence-electron chi connectivity index (χ2n) is 4.69. The molecule has 0 spiro atoms. The van der Waals surface area contributed by atoms with E-state index in [0.717, 1.165) is 0 Å². The van der Waals surface area contributed by atoms with Crippen LogP contribution < -0.4 is 4.72 Å². The van der Waals surface area contributed by atoms with Crippen LogP contribution in [0.25, 0.3) is 0 Å². The summed E-state index contributed by atoms with van der Waals surface area (Å²) in [6, 6.07) is 5.06. The molecule has 1 aromatic carbocycles. The molecule has 112 valence electrons. The van der Waals surface area contributed by atoms with Crippen LogP contribution in [-0.4, -0.2) is 26.0 Å². The van der Waals surface area contributed by atoms with Gasteiger partial charge < -0.3 is 5.11 Å². The molecule has 1 aromatic rings.